The molecule has 1 amide bonds. The monoisotopic (exact) mass is 322 g/mol. The van der Waals surface area contributed by atoms with Crippen molar-refractivity contribution < 1.29 is 23.2 Å². The van der Waals surface area contributed by atoms with Gasteiger partial charge < -0.3 is 9.64 Å². The van der Waals surface area contributed by atoms with Gasteiger partial charge in [0.2, 0.25) is 5.82 Å². The molecule has 1 unspecified atom stereocenters. The second kappa shape index (κ2) is 7.28. The molecule has 0 saturated heterocycles. The van der Waals surface area contributed by atoms with Crippen LogP contribution < -0.4 is 0 Å². The molecule has 0 fully saturated rings. The first-order valence-electron chi connectivity index (χ1n) is 5.79. The van der Waals surface area contributed by atoms with Gasteiger partial charge in [0.25, 0.3) is 5.91 Å². The van der Waals surface area contributed by atoms with E-state index in [0.29, 0.717) is 12.1 Å². The maximum atomic E-state index is 13.9. The summed E-state index contributed by atoms with van der Waals surface area (Å²) in [6, 6.07) is 1.03. The molecule has 1 aromatic carbocycles. The van der Waals surface area contributed by atoms with Crippen LogP contribution >= 0.6 is 11.6 Å². The molecule has 0 spiro atoms. The summed E-state index contributed by atoms with van der Waals surface area (Å²) in [5.74, 6) is -3.35. The van der Waals surface area contributed by atoms with E-state index >= 15 is 0 Å². The molecule has 0 N–H and O–H groups in total. The number of methoxy groups -OCH3 is 1. The molecule has 0 saturated carbocycles. The van der Waals surface area contributed by atoms with E-state index in [1.165, 1.54) is 14.2 Å². The molecule has 0 aromatic heterocycles. The van der Waals surface area contributed by atoms with E-state index in [9.17, 15) is 23.7 Å². The normalized spacial score (nSPS) is 12.0. The van der Waals surface area contributed by atoms with Gasteiger partial charge in [-0.3, -0.25) is 14.9 Å². The number of rotatable bonds is 6. The smallest absolute Gasteiger partial charge is 0.308 e. The molecule has 0 aliphatic carbocycles. The lowest BCUT2D eigenvalue weighted by atomic mass is 10.1. The van der Waals surface area contributed by atoms with Crippen LogP contribution in [0, 0.1) is 21.7 Å². The Morgan fingerprint density at radius 3 is 2.67 bits per heavy atom. The minimum atomic E-state index is -1.38. The van der Waals surface area contributed by atoms with Crippen LogP contribution in [0.2, 0.25) is 0 Å². The van der Waals surface area contributed by atoms with E-state index in [1.807, 2.05) is 0 Å². The van der Waals surface area contributed by atoms with E-state index < -0.39 is 39.1 Å². The predicted molar refractivity (Wildman–Crippen MR) is 71.5 cm³/mol. The summed E-state index contributed by atoms with van der Waals surface area (Å²) in [6.45, 7) is 0.170. The predicted octanol–water partition coefficient (Wildman–Crippen LogP) is 2.20. The largest absolute Gasteiger partial charge is 0.383 e. The third-order valence-electron chi connectivity index (χ3n) is 2.61. The Balaban J connectivity index is 3.04. The number of nitrogens with zero attached hydrogens (tertiary/aromatic N) is 2. The van der Waals surface area contributed by atoms with Crippen LogP contribution in [0.4, 0.5) is 14.5 Å². The first-order chi connectivity index (χ1) is 9.77. The van der Waals surface area contributed by atoms with Crippen molar-refractivity contribution in [2.75, 3.05) is 27.3 Å². The molecule has 0 aliphatic heterocycles. The SMILES string of the molecule is COCC(Cl)CN(C)C(=O)c1cc(F)cc([N+](=O)[O-])c1F. The van der Waals surface area contributed by atoms with Crippen LogP contribution in [0.1, 0.15) is 10.4 Å². The van der Waals surface area contributed by atoms with E-state index in [0.717, 1.165) is 4.90 Å². The zero-order valence-electron chi connectivity index (χ0n) is 11.3. The Hall–Kier alpha value is -1.80. The maximum Gasteiger partial charge on any atom is 0.308 e. The van der Waals surface area contributed by atoms with E-state index in [2.05, 4.69) is 0 Å². The molecule has 0 heterocycles. The third-order valence-corrected chi connectivity index (χ3v) is 2.88. The fraction of sp³-hybridized carbons (Fsp3) is 0.417. The topological polar surface area (TPSA) is 72.7 Å². The summed E-state index contributed by atoms with van der Waals surface area (Å²) in [6.07, 6.45) is 0. The van der Waals surface area contributed by atoms with Crippen LogP contribution in [-0.4, -0.2) is 48.4 Å². The van der Waals surface area contributed by atoms with Crippen molar-refractivity contribution in [3.05, 3.63) is 39.4 Å². The van der Waals surface area contributed by atoms with Crippen LogP contribution in [0.25, 0.3) is 0 Å². The van der Waals surface area contributed by atoms with Gasteiger partial charge in [0.1, 0.15) is 5.82 Å². The highest BCUT2D eigenvalue weighted by Crippen LogP contribution is 2.23. The fourth-order valence-corrected chi connectivity index (χ4v) is 2.02. The van der Waals surface area contributed by atoms with E-state index in [1.54, 1.807) is 0 Å². The van der Waals surface area contributed by atoms with Crippen LogP contribution in [-0.2, 0) is 4.74 Å². The van der Waals surface area contributed by atoms with E-state index in [-0.39, 0.29) is 13.2 Å². The Bertz CT molecular complexity index is 556. The Kier molecular flexibility index (Phi) is 5.98. The van der Waals surface area contributed by atoms with Gasteiger partial charge in [-0.25, -0.2) is 4.39 Å². The van der Waals surface area contributed by atoms with Gasteiger partial charge in [0.15, 0.2) is 0 Å². The molecule has 1 atom stereocenters. The second-order valence-electron chi connectivity index (χ2n) is 4.28. The number of hydrogen-bond donors (Lipinski definition) is 0. The molecule has 21 heavy (non-hydrogen) atoms. The lowest BCUT2D eigenvalue weighted by Crippen LogP contribution is -2.34. The summed E-state index contributed by atoms with van der Waals surface area (Å²) >= 11 is 5.87. The highest BCUT2D eigenvalue weighted by atomic mass is 35.5. The molecule has 0 bridgehead atoms. The zero-order valence-corrected chi connectivity index (χ0v) is 12.1. The summed E-state index contributed by atoms with van der Waals surface area (Å²) in [7, 11) is 2.75. The molecule has 116 valence electrons. The number of nitro benzene ring substituents is 1. The Morgan fingerprint density at radius 2 is 2.14 bits per heavy atom. The minimum Gasteiger partial charge on any atom is -0.383 e. The maximum absolute atomic E-state index is 13.9. The van der Waals surface area contributed by atoms with Crippen LogP contribution in [0.15, 0.2) is 12.1 Å². The molecule has 1 aromatic rings. The summed E-state index contributed by atoms with van der Waals surface area (Å²) in [4.78, 5) is 22.6. The molecular formula is C12H13ClF2N2O4. The van der Waals surface area contributed by atoms with Gasteiger partial charge in [0, 0.05) is 20.7 Å². The number of hydrogen-bond acceptors (Lipinski definition) is 4. The highest BCUT2D eigenvalue weighted by molar-refractivity contribution is 6.21. The third kappa shape index (κ3) is 4.33. The lowest BCUT2D eigenvalue weighted by molar-refractivity contribution is -0.387. The van der Waals surface area contributed by atoms with Crippen LogP contribution in [0.5, 0.6) is 0 Å². The molecule has 0 radical (unpaired) electrons. The Labute approximate surface area is 124 Å². The van der Waals surface area contributed by atoms with Crippen molar-refractivity contribution in [3.63, 3.8) is 0 Å². The van der Waals surface area contributed by atoms with Crippen molar-refractivity contribution in [1.82, 2.24) is 4.90 Å². The highest BCUT2D eigenvalue weighted by Gasteiger charge is 2.26. The number of carbonyl (C=O) groups excluding carboxylic acids is 1. The lowest BCUT2D eigenvalue weighted by Gasteiger charge is -2.20. The second-order valence-corrected chi connectivity index (χ2v) is 4.90. The van der Waals surface area contributed by atoms with Gasteiger partial charge in [-0.05, 0) is 6.07 Å². The van der Waals surface area contributed by atoms with Crippen molar-refractivity contribution in [2.24, 2.45) is 0 Å². The summed E-state index contributed by atoms with van der Waals surface area (Å²) in [5.41, 5.74) is -1.81. The van der Waals surface area contributed by atoms with Crippen LogP contribution in [0.3, 0.4) is 0 Å². The number of carbonyl (C=O) groups is 1. The van der Waals surface area contributed by atoms with Gasteiger partial charge in [0.05, 0.1) is 28.5 Å². The number of nitro groups is 1. The number of halogens is 3. The van der Waals surface area contributed by atoms with Crippen molar-refractivity contribution in [2.45, 2.75) is 5.38 Å². The zero-order chi connectivity index (χ0) is 16.2. The van der Waals surface area contributed by atoms with Crippen molar-refractivity contribution in [1.29, 1.82) is 0 Å². The minimum absolute atomic E-state index is 0.0119. The Morgan fingerprint density at radius 1 is 1.52 bits per heavy atom. The number of amides is 1. The average molecular weight is 323 g/mol. The van der Waals surface area contributed by atoms with Crippen molar-refractivity contribution >= 4 is 23.2 Å². The van der Waals surface area contributed by atoms with Crippen molar-refractivity contribution in [3.8, 4) is 0 Å². The number of alkyl halides is 1. The molecular weight excluding hydrogens is 310 g/mol. The first kappa shape index (κ1) is 17.3. The summed E-state index contributed by atoms with van der Waals surface area (Å²) in [5, 5.41) is 10.1. The van der Waals surface area contributed by atoms with Gasteiger partial charge in [-0.1, -0.05) is 0 Å². The molecule has 6 nitrogen and oxygen atoms in total. The number of benzene rings is 1. The van der Waals surface area contributed by atoms with Gasteiger partial charge in [-0.2, -0.15) is 4.39 Å². The number of ether oxygens (including phenoxy) is 1. The van der Waals surface area contributed by atoms with Gasteiger partial charge >= 0.3 is 5.69 Å². The first-order valence-corrected chi connectivity index (χ1v) is 6.23. The molecule has 0 aliphatic rings. The molecule has 1 rings (SSSR count). The molecule has 9 heteroatoms. The summed E-state index contributed by atoms with van der Waals surface area (Å²) < 4.78 is 32.0. The average Bonchev–Trinajstić information content (AvgIpc) is 2.40. The fourth-order valence-electron chi connectivity index (χ4n) is 1.68. The quantitative estimate of drug-likeness (QED) is 0.457. The van der Waals surface area contributed by atoms with E-state index in [4.69, 9.17) is 16.3 Å². The standard InChI is InChI=1S/C12H13ClF2N2O4/c1-16(5-7(13)6-21-2)12(18)9-3-8(14)4-10(11(9)15)17(19)20/h3-4,7H,5-6H2,1-2H3. The van der Waals surface area contributed by atoms with Gasteiger partial charge in [-0.15, -0.1) is 11.6 Å².